The Labute approximate surface area is 101 Å². The number of rotatable bonds is 4. The topological polar surface area (TPSA) is 15.3 Å². The molecule has 1 unspecified atom stereocenters. The maximum absolute atomic E-state index is 3.36. The summed E-state index contributed by atoms with van der Waals surface area (Å²) < 4.78 is 0. The zero-order chi connectivity index (χ0) is 11.2. The first-order valence-electron chi connectivity index (χ1n) is 7.29. The summed E-state index contributed by atoms with van der Waals surface area (Å²) in [6.07, 6.45) is 11.7. The molecule has 1 N–H and O–H groups in total. The van der Waals surface area contributed by atoms with Crippen LogP contribution in [0.1, 0.15) is 51.4 Å². The highest BCUT2D eigenvalue weighted by atomic mass is 15.2. The molecule has 2 rings (SSSR count). The predicted molar refractivity (Wildman–Crippen MR) is 69.7 cm³/mol. The molecule has 0 bridgehead atoms. The zero-order valence-corrected chi connectivity index (χ0v) is 10.9. The second kappa shape index (κ2) is 6.61. The van der Waals surface area contributed by atoms with E-state index in [1.807, 2.05) is 0 Å². The fourth-order valence-corrected chi connectivity index (χ4v) is 3.47. The second-order valence-electron chi connectivity index (χ2n) is 5.71. The largest absolute Gasteiger partial charge is 0.318 e. The van der Waals surface area contributed by atoms with E-state index in [2.05, 4.69) is 17.3 Å². The van der Waals surface area contributed by atoms with Crippen molar-refractivity contribution in [3.05, 3.63) is 0 Å². The lowest BCUT2D eigenvalue weighted by Crippen LogP contribution is -2.47. The number of piperidine rings is 1. The minimum atomic E-state index is 0.820. The van der Waals surface area contributed by atoms with E-state index in [1.165, 1.54) is 71.0 Å². The molecule has 1 aliphatic heterocycles. The van der Waals surface area contributed by atoms with E-state index in [-0.39, 0.29) is 0 Å². The number of hydrogen-bond acceptors (Lipinski definition) is 2. The summed E-state index contributed by atoms with van der Waals surface area (Å²) in [7, 11) is 2.09. The lowest BCUT2D eigenvalue weighted by atomic mass is 9.88. The first-order valence-corrected chi connectivity index (χ1v) is 7.29. The van der Waals surface area contributed by atoms with Crippen LogP contribution in [0.5, 0.6) is 0 Å². The Morgan fingerprint density at radius 1 is 1.00 bits per heavy atom. The Kier molecular flexibility index (Phi) is 5.11. The van der Waals surface area contributed by atoms with Crippen molar-refractivity contribution < 1.29 is 0 Å². The van der Waals surface area contributed by atoms with E-state index in [0.717, 1.165) is 12.0 Å². The fraction of sp³-hybridized carbons (Fsp3) is 1.00. The average molecular weight is 224 g/mol. The molecule has 0 amide bonds. The van der Waals surface area contributed by atoms with Crippen LogP contribution in [0.3, 0.4) is 0 Å². The van der Waals surface area contributed by atoms with E-state index >= 15 is 0 Å². The van der Waals surface area contributed by atoms with E-state index in [0.29, 0.717) is 0 Å². The van der Waals surface area contributed by atoms with Crippen molar-refractivity contribution in [3.63, 3.8) is 0 Å². The molecule has 1 aliphatic carbocycles. The highest BCUT2D eigenvalue weighted by molar-refractivity contribution is 4.81. The summed E-state index contributed by atoms with van der Waals surface area (Å²) in [5.41, 5.74) is 0. The van der Waals surface area contributed by atoms with Gasteiger partial charge < -0.3 is 5.32 Å². The average Bonchev–Trinajstić information content (AvgIpc) is 2.33. The molecule has 16 heavy (non-hydrogen) atoms. The van der Waals surface area contributed by atoms with E-state index in [4.69, 9.17) is 0 Å². The Bertz CT molecular complexity index is 185. The molecule has 1 heterocycles. The molecule has 94 valence electrons. The van der Waals surface area contributed by atoms with Crippen molar-refractivity contribution in [2.45, 2.75) is 57.4 Å². The lowest BCUT2D eigenvalue weighted by Gasteiger charge is -2.38. The maximum Gasteiger partial charge on any atom is 0.0220 e. The maximum atomic E-state index is 3.36. The Balaban J connectivity index is 1.80. The Morgan fingerprint density at radius 3 is 2.50 bits per heavy atom. The first-order chi connectivity index (χ1) is 7.90. The van der Waals surface area contributed by atoms with Gasteiger partial charge in [-0.25, -0.2) is 0 Å². The number of likely N-dealkylation sites (tertiary alicyclic amines) is 1. The molecule has 1 atom stereocenters. The highest BCUT2D eigenvalue weighted by Crippen LogP contribution is 2.27. The van der Waals surface area contributed by atoms with Crippen LogP contribution >= 0.6 is 0 Å². The highest BCUT2D eigenvalue weighted by Gasteiger charge is 2.24. The van der Waals surface area contributed by atoms with Crippen LogP contribution in [0.15, 0.2) is 0 Å². The van der Waals surface area contributed by atoms with Crippen LogP contribution in [-0.2, 0) is 0 Å². The minimum absolute atomic E-state index is 0.820. The Hall–Kier alpha value is -0.0800. The molecule has 2 fully saturated rings. The van der Waals surface area contributed by atoms with Gasteiger partial charge in [0.1, 0.15) is 0 Å². The SMILES string of the molecule is CNCC1CCCCN1CC1CCCCC1. The van der Waals surface area contributed by atoms with E-state index in [1.54, 1.807) is 0 Å². The molecular weight excluding hydrogens is 196 g/mol. The van der Waals surface area contributed by atoms with E-state index in [9.17, 15) is 0 Å². The summed E-state index contributed by atoms with van der Waals surface area (Å²) in [5.74, 6) is 1.01. The van der Waals surface area contributed by atoms with Crippen LogP contribution in [0.2, 0.25) is 0 Å². The van der Waals surface area contributed by atoms with Gasteiger partial charge in [0.15, 0.2) is 0 Å². The van der Waals surface area contributed by atoms with Gasteiger partial charge in [0.2, 0.25) is 0 Å². The third kappa shape index (κ3) is 3.46. The van der Waals surface area contributed by atoms with Crippen molar-refractivity contribution in [1.29, 1.82) is 0 Å². The second-order valence-corrected chi connectivity index (χ2v) is 5.71. The third-order valence-corrected chi connectivity index (χ3v) is 4.41. The number of hydrogen-bond donors (Lipinski definition) is 1. The smallest absolute Gasteiger partial charge is 0.0220 e. The summed E-state index contributed by atoms with van der Waals surface area (Å²) in [6.45, 7) is 3.92. The molecule has 2 nitrogen and oxygen atoms in total. The molecule has 0 radical (unpaired) electrons. The predicted octanol–water partition coefficient (Wildman–Crippen LogP) is 2.64. The van der Waals surface area contributed by atoms with Gasteiger partial charge in [-0.2, -0.15) is 0 Å². The van der Waals surface area contributed by atoms with Crippen LogP contribution in [0.25, 0.3) is 0 Å². The number of nitrogens with zero attached hydrogens (tertiary/aromatic N) is 1. The summed E-state index contributed by atoms with van der Waals surface area (Å²) >= 11 is 0. The summed E-state index contributed by atoms with van der Waals surface area (Å²) in [5, 5.41) is 3.36. The van der Waals surface area contributed by atoms with Crippen molar-refractivity contribution in [1.82, 2.24) is 10.2 Å². The van der Waals surface area contributed by atoms with Crippen molar-refractivity contribution in [2.75, 3.05) is 26.7 Å². The van der Waals surface area contributed by atoms with Crippen molar-refractivity contribution >= 4 is 0 Å². The molecule has 1 saturated carbocycles. The summed E-state index contributed by atoms with van der Waals surface area (Å²) in [4.78, 5) is 2.77. The Morgan fingerprint density at radius 2 is 1.75 bits per heavy atom. The normalized spacial score (nSPS) is 29.4. The fourth-order valence-electron chi connectivity index (χ4n) is 3.47. The molecule has 0 aromatic carbocycles. The number of nitrogens with one attached hydrogen (secondary N) is 1. The molecule has 0 aromatic rings. The minimum Gasteiger partial charge on any atom is -0.318 e. The van der Waals surface area contributed by atoms with Crippen LogP contribution in [0.4, 0.5) is 0 Å². The standard InChI is InChI=1S/C14H28N2/c1-15-11-14-9-5-6-10-16(14)12-13-7-3-2-4-8-13/h13-15H,2-12H2,1H3. The molecule has 1 saturated heterocycles. The van der Waals surface area contributed by atoms with Gasteiger partial charge in [0, 0.05) is 19.1 Å². The van der Waals surface area contributed by atoms with Crippen molar-refractivity contribution in [2.24, 2.45) is 5.92 Å². The molecule has 0 spiro atoms. The summed E-state index contributed by atoms with van der Waals surface area (Å²) in [6, 6.07) is 0.820. The molecule has 2 heteroatoms. The molecule has 0 aromatic heterocycles. The van der Waals surface area contributed by atoms with E-state index < -0.39 is 0 Å². The number of likely N-dealkylation sites (N-methyl/N-ethyl adjacent to an activating group) is 1. The molecular formula is C14H28N2. The van der Waals surface area contributed by atoms with Gasteiger partial charge in [-0.05, 0) is 45.2 Å². The monoisotopic (exact) mass is 224 g/mol. The van der Waals surface area contributed by atoms with Crippen LogP contribution < -0.4 is 5.32 Å². The van der Waals surface area contributed by atoms with Crippen molar-refractivity contribution in [3.8, 4) is 0 Å². The van der Waals surface area contributed by atoms with Gasteiger partial charge in [0.05, 0.1) is 0 Å². The van der Waals surface area contributed by atoms with Gasteiger partial charge in [0.25, 0.3) is 0 Å². The lowest BCUT2D eigenvalue weighted by molar-refractivity contribution is 0.113. The quantitative estimate of drug-likeness (QED) is 0.790. The van der Waals surface area contributed by atoms with Gasteiger partial charge in [-0.3, -0.25) is 4.90 Å². The third-order valence-electron chi connectivity index (χ3n) is 4.41. The molecule has 2 aliphatic rings. The first kappa shape index (κ1) is 12.4. The van der Waals surface area contributed by atoms with Gasteiger partial charge in [-0.1, -0.05) is 25.7 Å². The van der Waals surface area contributed by atoms with Crippen LogP contribution in [0, 0.1) is 5.92 Å². The van der Waals surface area contributed by atoms with Gasteiger partial charge >= 0.3 is 0 Å². The zero-order valence-electron chi connectivity index (χ0n) is 10.9. The van der Waals surface area contributed by atoms with Gasteiger partial charge in [-0.15, -0.1) is 0 Å². The van der Waals surface area contributed by atoms with Crippen LogP contribution in [-0.4, -0.2) is 37.6 Å².